The number of hydrogen-bond acceptors (Lipinski definition) is 6. The lowest BCUT2D eigenvalue weighted by atomic mass is 9.95. The number of hydrogen-bond donors (Lipinski definition) is 3. The Morgan fingerprint density at radius 2 is 2.07 bits per heavy atom. The quantitative estimate of drug-likeness (QED) is 0.622. The Balaban J connectivity index is 1.55. The highest BCUT2D eigenvalue weighted by Crippen LogP contribution is 2.26. The molecule has 3 heterocycles. The van der Waals surface area contributed by atoms with Crippen LogP contribution in [0.2, 0.25) is 0 Å². The van der Waals surface area contributed by atoms with Gasteiger partial charge in [-0.1, -0.05) is 12.1 Å². The summed E-state index contributed by atoms with van der Waals surface area (Å²) in [5.74, 6) is 1.26. The van der Waals surface area contributed by atoms with Gasteiger partial charge in [-0.05, 0) is 43.6 Å². The second kappa shape index (κ2) is 7.85. The Bertz CT molecular complexity index is 976. The van der Waals surface area contributed by atoms with Crippen LogP contribution in [0.1, 0.15) is 40.5 Å². The highest BCUT2D eigenvalue weighted by atomic mass is 16.5. The van der Waals surface area contributed by atoms with Crippen molar-refractivity contribution in [2.45, 2.75) is 25.3 Å². The predicted octanol–water partition coefficient (Wildman–Crippen LogP) is 1.72. The molecule has 28 heavy (non-hydrogen) atoms. The zero-order valence-electron chi connectivity index (χ0n) is 15.8. The Kier molecular flexibility index (Phi) is 5.12. The van der Waals surface area contributed by atoms with Crippen molar-refractivity contribution in [1.82, 2.24) is 25.0 Å². The minimum Gasteiger partial charge on any atom is -0.497 e. The molecular weight excluding hydrogens is 356 g/mol. The number of nitrogens with zero attached hydrogens (tertiary/aromatic N) is 3. The molecule has 3 aromatic rings. The van der Waals surface area contributed by atoms with E-state index in [1.807, 2.05) is 30.5 Å². The normalized spacial score (nSPS) is 14.9. The van der Waals surface area contributed by atoms with Crippen LogP contribution in [0.3, 0.4) is 0 Å². The van der Waals surface area contributed by atoms with Crippen LogP contribution in [0.4, 0.5) is 5.82 Å². The number of carbonyl (C=O) groups is 1. The Morgan fingerprint density at radius 3 is 2.79 bits per heavy atom. The van der Waals surface area contributed by atoms with E-state index in [2.05, 4.69) is 20.6 Å². The minimum absolute atomic E-state index is 0.220. The number of methoxy groups -OCH3 is 1. The molecule has 8 heteroatoms. The van der Waals surface area contributed by atoms with Crippen LogP contribution in [0, 0.1) is 0 Å². The molecule has 1 aliphatic rings. The van der Waals surface area contributed by atoms with Crippen LogP contribution < -0.4 is 21.1 Å². The molecule has 4 N–H and O–H groups in total. The average Bonchev–Trinajstić information content (AvgIpc) is 3.20. The van der Waals surface area contributed by atoms with E-state index in [0.717, 1.165) is 42.9 Å². The van der Waals surface area contributed by atoms with Crippen molar-refractivity contribution in [3.8, 4) is 5.75 Å². The molecule has 0 atom stereocenters. The van der Waals surface area contributed by atoms with Crippen LogP contribution in [-0.4, -0.2) is 40.5 Å². The van der Waals surface area contributed by atoms with Gasteiger partial charge in [-0.3, -0.25) is 9.20 Å². The van der Waals surface area contributed by atoms with E-state index in [9.17, 15) is 4.79 Å². The summed E-state index contributed by atoms with van der Waals surface area (Å²) < 4.78 is 6.91. The first-order chi connectivity index (χ1) is 13.7. The monoisotopic (exact) mass is 380 g/mol. The first-order valence-corrected chi connectivity index (χ1v) is 9.41. The molecule has 2 aromatic heterocycles. The van der Waals surface area contributed by atoms with Crippen LogP contribution in [0.15, 0.2) is 36.7 Å². The minimum atomic E-state index is -0.220. The smallest absolute Gasteiger partial charge is 0.270 e. The topological polar surface area (TPSA) is 107 Å². The van der Waals surface area contributed by atoms with Gasteiger partial charge in [0.15, 0.2) is 11.5 Å². The number of benzene rings is 1. The summed E-state index contributed by atoms with van der Waals surface area (Å²) in [7, 11) is 1.62. The van der Waals surface area contributed by atoms with Gasteiger partial charge >= 0.3 is 0 Å². The second-order valence-corrected chi connectivity index (χ2v) is 6.94. The molecule has 0 aliphatic carbocycles. The highest BCUT2D eigenvalue weighted by Gasteiger charge is 2.21. The van der Waals surface area contributed by atoms with Crippen molar-refractivity contribution >= 4 is 17.4 Å². The van der Waals surface area contributed by atoms with Crippen molar-refractivity contribution in [2.75, 3.05) is 25.9 Å². The molecule has 4 rings (SSSR count). The zero-order valence-corrected chi connectivity index (χ0v) is 15.8. The summed E-state index contributed by atoms with van der Waals surface area (Å²) in [6, 6.07) is 7.57. The third-order valence-electron chi connectivity index (χ3n) is 5.14. The SMILES string of the molecule is COc1ccc(CNC(=O)c2cnc(N)c3nc(C4CCNCC4)cn23)cc1. The maximum Gasteiger partial charge on any atom is 0.270 e. The van der Waals surface area contributed by atoms with Crippen LogP contribution in [0.25, 0.3) is 5.65 Å². The standard InChI is InChI=1S/C20H24N6O2/c1-28-15-4-2-13(3-5-15)10-24-20(27)17-11-23-18(21)19-25-16(12-26(17)19)14-6-8-22-9-7-14/h2-5,11-12,14,22H,6-10H2,1H3,(H2,21,23)(H,24,27). The fourth-order valence-corrected chi connectivity index (χ4v) is 3.51. The molecule has 1 fully saturated rings. The van der Waals surface area contributed by atoms with Gasteiger partial charge < -0.3 is 21.1 Å². The van der Waals surface area contributed by atoms with Crippen molar-refractivity contribution < 1.29 is 9.53 Å². The summed E-state index contributed by atoms with van der Waals surface area (Å²) >= 11 is 0. The maximum atomic E-state index is 12.8. The number of rotatable bonds is 5. The largest absolute Gasteiger partial charge is 0.497 e. The van der Waals surface area contributed by atoms with Crippen molar-refractivity contribution in [3.63, 3.8) is 0 Å². The van der Waals surface area contributed by atoms with E-state index >= 15 is 0 Å². The summed E-state index contributed by atoms with van der Waals surface area (Å²) in [5, 5.41) is 6.29. The second-order valence-electron chi connectivity index (χ2n) is 6.94. The van der Waals surface area contributed by atoms with E-state index < -0.39 is 0 Å². The van der Waals surface area contributed by atoms with Gasteiger partial charge in [0.05, 0.1) is 19.0 Å². The van der Waals surface area contributed by atoms with Gasteiger partial charge in [-0.2, -0.15) is 0 Å². The van der Waals surface area contributed by atoms with Gasteiger partial charge in [0, 0.05) is 18.7 Å². The summed E-state index contributed by atoms with van der Waals surface area (Å²) in [6.45, 7) is 2.35. The Hall–Kier alpha value is -3.13. The number of aromatic nitrogens is 3. The van der Waals surface area contributed by atoms with E-state index in [-0.39, 0.29) is 5.91 Å². The first kappa shape index (κ1) is 18.2. The van der Waals surface area contributed by atoms with E-state index in [0.29, 0.717) is 29.6 Å². The fraction of sp³-hybridized carbons (Fsp3) is 0.350. The number of imidazole rings is 1. The molecule has 0 saturated carbocycles. The molecule has 0 radical (unpaired) electrons. The number of nitrogens with two attached hydrogens (primary N) is 1. The molecular formula is C20H24N6O2. The van der Waals surface area contributed by atoms with Gasteiger partial charge in [0.1, 0.15) is 11.4 Å². The molecule has 8 nitrogen and oxygen atoms in total. The van der Waals surface area contributed by atoms with Gasteiger partial charge in [-0.15, -0.1) is 0 Å². The Morgan fingerprint density at radius 1 is 1.32 bits per heavy atom. The fourth-order valence-electron chi connectivity index (χ4n) is 3.51. The predicted molar refractivity (Wildman–Crippen MR) is 106 cm³/mol. The summed E-state index contributed by atoms with van der Waals surface area (Å²) in [4.78, 5) is 21.6. The van der Waals surface area contributed by atoms with Crippen LogP contribution in [-0.2, 0) is 6.54 Å². The lowest BCUT2D eigenvalue weighted by Gasteiger charge is -2.20. The lowest BCUT2D eigenvalue weighted by Crippen LogP contribution is -2.26. The number of amides is 1. The number of fused-ring (bicyclic) bond motifs is 1. The van der Waals surface area contributed by atoms with Gasteiger partial charge in [-0.25, -0.2) is 9.97 Å². The lowest BCUT2D eigenvalue weighted by molar-refractivity contribution is 0.0944. The molecule has 0 bridgehead atoms. The van der Waals surface area contributed by atoms with E-state index in [1.165, 1.54) is 6.20 Å². The molecule has 1 amide bonds. The number of anilines is 1. The number of carbonyl (C=O) groups excluding carboxylic acids is 1. The highest BCUT2D eigenvalue weighted by molar-refractivity contribution is 5.93. The third-order valence-corrected chi connectivity index (χ3v) is 5.14. The number of nitrogens with one attached hydrogen (secondary N) is 2. The summed E-state index contributed by atoms with van der Waals surface area (Å²) in [6.07, 6.45) is 5.47. The van der Waals surface area contributed by atoms with E-state index in [1.54, 1.807) is 11.5 Å². The first-order valence-electron chi connectivity index (χ1n) is 9.41. The van der Waals surface area contributed by atoms with Gasteiger partial charge in [0.25, 0.3) is 5.91 Å². The number of ether oxygens (including phenoxy) is 1. The molecule has 1 aromatic carbocycles. The number of piperidine rings is 1. The third kappa shape index (κ3) is 3.63. The van der Waals surface area contributed by atoms with Crippen molar-refractivity contribution in [3.05, 3.63) is 53.6 Å². The van der Waals surface area contributed by atoms with Crippen LogP contribution >= 0.6 is 0 Å². The average molecular weight is 380 g/mol. The van der Waals surface area contributed by atoms with Crippen molar-refractivity contribution in [2.24, 2.45) is 0 Å². The van der Waals surface area contributed by atoms with Crippen LogP contribution in [0.5, 0.6) is 5.75 Å². The maximum absolute atomic E-state index is 12.8. The number of nitrogen functional groups attached to an aromatic ring is 1. The zero-order chi connectivity index (χ0) is 19.5. The molecule has 146 valence electrons. The molecule has 0 unspecified atom stereocenters. The summed E-state index contributed by atoms with van der Waals surface area (Å²) in [5.41, 5.74) is 8.91. The Labute approximate surface area is 163 Å². The van der Waals surface area contributed by atoms with Crippen molar-refractivity contribution in [1.29, 1.82) is 0 Å². The van der Waals surface area contributed by atoms with E-state index in [4.69, 9.17) is 10.5 Å². The molecule has 1 saturated heterocycles. The molecule has 1 aliphatic heterocycles. The van der Waals surface area contributed by atoms with Gasteiger partial charge in [0.2, 0.25) is 0 Å². The molecule has 0 spiro atoms.